The molecule has 0 amide bonds. The predicted molar refractivity (Wildman–Crippen MR) is 391 cm³/mol. The van der Waals surface area contributed by atoms with Crippen molar-refractivity contribution < 1.29 is 136 Å². The topological polar surface area (TPSA) is 654 Å². The van der Waals surface area contributed by atoms with Gasteiger partial charge >= 0.3 is 31.8 Å². The average molecular weight is 1690 g/mol. The van der Waals surface area contributed by atoms with Gasteiger partial charge in [0.05, 0.1) is 26.9 Å². The van der Waals surface area contributed by atoms with Crippen molar-refractivity contribution in [1.82, 2.24) is 20.0 Å². The van der Waals surface area contributed by atoms with Gasteiger partial charge in [-0.3, -0.25) is 24.8 Å². The molecule has 2 heterocycles. The molecule has 0 saturated heterocycles. The van der Waals surface area contributed by atoms with E-state index in [1.165, 1.54) is 16.8 Å². The fourth-order valence-corrected chi connectivity index (χ4v) is 10.2. The van der Waals surface area contributed by atoms with Crippen molar-refractivity contribution in [1.29, 1.82) is 0 Å². The molecule has 0 fully saturated rings. The van der Waals surface area contributed by atoms with Crippen molar-refractivity contribution >= 4 is 153 Å². The number of hydrogen-bond donors (Lipinski definition) is 12. The molecule has 112 heavy (non-hydrogen) atoms. The number of nitrogen functional groups attached to an aromatic ring is 2. The number of anilines is 2. The minimum Gasteiger partial charge on any atom is -0.506 e. The molecule has 13 aromatic rings. The summed E-state index contributed by atoms with van der Waals surface area (Å²) in [7, 11) is -13.9. The van der Waals surface area contributed by atoms with Crippen LogP contribution in [-0.2, 0) is 76.7 Å². The maximum atomic E-state index is 11.7. The van der Waals surface area contributed by atoms with E-state index in [2.05, 4.69) is 56.2 Å². The van der Waals surface area contributed by atoms with Crippen LogP contribution in [0.3, 0.4) is 0 Å². The largest absolute Gasteiger partial charge is 0.506 e. The molecule has 14 N–H and O–H groups in total. The third kappa shape index (κ3) is 24.0. The Morgan fingerprint density at radius 1 is 0.420 bits per heavy atom. The summed E-state index contributed by atoms with van der Waals surface area (Å²) in [6, 6.07) is 50.6. The third-order valence-corrected chi connectivity index (χ3v) is 15.3. The van der Waals surface area contributed by atoms with Crippen LogP contribution >= 0.6 is 0 Å². The Labute approximate surface area is 654 Å². The van der Waals surface area contributed by atoms with Crippen molar-refractivity contribution in [3.05, 3.63) is 226 Å². The summed E-state index contributed by atoms with van der Waals surface area (Å²) >= 11 is 0. The van der Waals surface area contributed by atoms with Crippen LogP contribution in [-0.4, -0.2) is 122 Å². The van der Waals surface area contributed by atoms with Crippen LogP contribution in [0.1, 0.15) is 11.4 Å². The molecule has 2 aromatic heterocycles. The van der Waals surface area contributed by atoms with Crippen LogP contribution in [0.4, 0.5) is 68.2 Å². The van der Waals surface area contributed by atoms with Crippen LogP contribution in [0.25, 0.3) is 48.8 Å². The fourth-order valence-electron chi connectivity index (χ4n) is 9.49. The number of nitro benzene ring substituents is 2. The van der Waals surface area contributed by atoms with E-state index in [0.717, 1.165) is 64.0 Å². The number of H-pyrrole nitrogens is 1. The number of phenolic OH excluding ortho intramolecular Hbond substituents is 6. The summed E-state index contributed by atoms with van der Waals surface area (Å²) in [5.41, 5.74) is 14.4. The van der Waals surface area contributed by atoms with Gasteiger partial charge in [-0.25, -0.2) is 5.10 Å². The van der Waals surface area contributed by atoms with E-state index in [-0.39, 0.29) is 137 Å². The fraction of sp³-hybridized carbons (Fsp3) is 0.0303. The number of aromatic amines is 1. The average Bonchev–Trinajstić information content (AvgIpc) is 0.796. The maximum absolute atomic E-state index is 11.7. The van der Waals surface area contributed by atoms with Gasteiger partial charge in [-0.15, -0.1) is 78.8 Å². The molecule has 0 unspecified atom stereocenters. The number of aromatic nitrogens is 4. The maximum Gasteiger partial charge on any atom is 0.425 e. The number of non-ortho nitro benzene ring substituents is 2. The van der Waals surface area contributed by atoms with E-state index in [9.17, 15) is 74.1 Å². The number of fused-ring (bicyclic) bond motifs is 4. The number of rotatable bonds is 12. The van der Waals surface area contributed by atoms with Gasteiger partial charge in [0.1, 0.15) is 62.0 Å². The van der Waals surface area contributed by atoms with Gasteiger partial charge in [0.25, 0.3) is 21.5 Å². The van der Waals surface area contributed by atoms with E-state index in [1.807, 2.05) is 36.4 Å². The van der Waals surface area contributed by atoms with Crippen LogP contribution in [0.15, 0.2) is 240 Å². The number of nitro groups is 2. The Kier molecular flexibility index (Phi) is 31.8. The SMILES string of the molecule is Cc1n[nH]c(O)c1N=Nc1c(O)ccc2ccccc12.Cc1nn(-c2ccccc2)c(O)c1N=Nc1c(O)cc(S(=O)(=O)O)c2ccccc12.Nc1ccc2ccc(N=Nc3cc([N+](=O)[O-])ccc3O)c(O)c2c1.Nc1ccc2ccc(N=Nc3cc([N+](=O)[O-])ccc3O)c(O)c2c1.O=S(=O)=O.O=S(=O)=O.O=S(=O)=O.[Cr].[Cr]. The zero-order chi connectivity index (χ0) is 80.8. The summed E-state index contributed by atoms with van der Waals surface area (Å²) in [5.74, 6) is -1.58. The molecule has 0 aliphatic rings. The molecule has 0 spiro atoms. The molecular formula is C66H52Cr2N16O24S4. The number of nitrogens with two attached hydrogens (primary N) is 2. The Morgan fingerprint density at radius 3 is 1.26 bits per heavy atom. The number of para-hydroxylation sites is 1. The van der Waals surface area contributed by atoms with E-state index in [1.54, 1.807) is 117 Å². The molecule has 0 saturated carbocycles. The van der Waals surface area contributed by atoms with Gasteiger partial charge in [-0.2, -0.15) is 23.3 Å². The van der Waals surface area contributed by atoms with Gasteiger partial charge in [0.2, 0.25) is 11.8 Å². The van der Waals surface area contributed by atoms with E-state index in [4.69, 9.17) is 49.3 Å². The van der Waals surface area contributed by atoms with Crippen molar-refractivity contribution in [2.45, 2.75) is 18.7 Å². The van der Waals surface area contributed by atoms with Gasteiger partial charge in [-0.05, 0) is 96.7 Å². The number of benzene rings is 11. The van der Waals surface area contributed by atoms with Crippen molar-refractivity contribution in [3.63, 3.8) is 0 Å². The zero-order valence-electron chi connectivity index (χ0n) is 56.5. The monoisotopic (exact) mass is 1680 g/mol. The first-order valence-corrected chi connectivity index (χ1v) is 34.4. The molecule has 40 nitrogen and oxygen atoms in total. The van der Waals surface area contributed by atoms with E-state index >= 15 is 0 Å². The summed E-state index contributed by atoms with van der Waals surface area (Å²) in [5, 5.41) is 149. The predicted octanol–water partition coefficient (Wildman–Crippen LogP) is 13.4. The van der Waals surface area contributed by atoms with Crippen LogP contribution in [0.2, 0.25) is 0 Å². The summed E-state index contributed by atoms with van der Waals surface area (Å²) in [4.78, 5) is 19.9. The Balaban J connectivity index is 0.000000254. The number of aromatic hydroxyl groups is 8. The van der Waals surface area contributed by atoms with Crippen LogP contribution < -0.4 is 11.5 Å². The molecule has 46 heteroatoms. The van der Waals surface area contributed by atoms with Gasteiger partial charge in [0, 0.05) is 103 Å². The quantitative estimate of drug-likeness (QED) is 0.0178. The van der Waals surface area contributed by atoms with Gasteiger partial charge in [0.15, 0.2) is 22.9 Å². The standard InChI is InChI=1S/C20H16N4O5S.2C16H12N4O4.C14H12N4O2.2Cr.3O3S/c1-12-18(20(26)24(23-12)13-7-3-2-4-8-13)21-22-19-15-10-6-5-9-14(15)17(11-16(19)25)30(27,28)29;2*17-10-3-1-9-2-5-13(16(22)12(9)7-10)18-19-14-8-11(20(23)24)4-6-15(14)21;1-8-12(14(20)18-15-8)16-17-13-10-5-3-2-4-9(10)6-7-11(13)19;;;3*1-4(2)3/h2-11,25-26H,1H3,(H,27,28,29);2*1-8,21-22H,17H2;2-7,19H,1H3,(H2,15,18,20);;;;;. The number of azo groups is 4. The molecule has 0 aliphatic heterocycles. The van der Waals surface area contributed by atoms with E-state index in [0.29, 0.717) is 44.9 Å². The first-order valence-electron chi connectivity index (χ1n) is 30.0. The molecule has 11 aromatic carbocycles. The Bertz CT molecular complexity index is 6070. The molecular weight excluding hydrogens is 1630 g/mol. The molecule has 0 bridgehead atoms. The van der Waals surface area contributed by atoms with Crippen molar-refractivity contribution in [2.75, 3.05) is 11.5 Å². The third-order valence-electron chi connectivity index (χ3n) is 14.4. The number of aryl methyl sites for hydroxylation is 2. The molecule has 0 atom stereocenters. The first kappa shape index (κ1) is 88.5. The smallest absolute Gasteiger partial charge is 0.425 e. The zero-order valence-corrected chi connectivity index (χ0v) is 62.4. The van der Waals surface area contributed by atoms with Crippen LogP contribution in [0, 0.1) is 34.1 Å². The Hall–Kier alpha value is -14.1. The summed E-state index contributed by atoms with van der Waals surface area (Å²) < 4.78 is 110. The Morgan fingerprint density at radius 2 is 0.804 bits per heavy atom. The minimum atomic E-state index is -4.56. The van der Waals surface area contributed by atoms with Crippen molar-refractivity contribution in [3.8, 4) is 51.9 Å². The molecule has 0 aliphatic carbocycles. The number of hydrogen-bond acceptors (Lipinski definition) is 35. The van der Waals surface area contributed by atoms with Gasteiger partial charge < -0.3 is 52.3 Å². The number of nitrogens with one attached hydrogen (secondary N) is 1. The number of phenols is 6. The number of nitrogens with zero attached hydrogens (tertiary/aromatic N) is 13. The molecule has 0 radical (unpaired) electrons. The second kappa shape index (κ2) is 40.2. The second-order valence-electron chi connectivity index (χ2n) is 21.5. The summed E-state index contributed by atoms with van der Waals surface area (Å²) in [6.45, 7) is 3.35. The van der Waals surface area contributed by atoms with Crippen LogP contribution in [0.5, 0.6) is 46.3 Å². The molecule has 13 rings (SSSR count). The molecule has 576 valence electrons. The van der Waals surface area contributed by atoms with E-state index < -0.39 is 62.4 Å². The normalized spacial score (nSPS) is 10.7. The van der Waals surface area contributed by atoms with Gasteiger partial charge in [-0.1, -0.05) is 97.1 Å². The second-order valence-corrected chi connectivity index (χ2v) is 24.1. The minimum absolute atomic E-state index is 0. The summed E-state index contributed by atoms with van der Waals surface area (Å²) in [6.07, 6.45) is 0. The first-order chi connectivity index (χ1) is 52.0. The van der Waals surface area contributed by atoms with Crippen molar-refractivity contribution in [2.24, 2.45) is 40.9 Å².